The second-order valence-corrected chi connectivity index (χ2v) is 6.92. The fraction of sp³-hybridized carbons (Fsp3) is 0.222. The summed E-state index contributed by atoms with van der Waals surface area (Å²) >= 11 is 1.95. The molecule has 0 spiro atoms. The molecule has 0 aliphatic carbocycles. The Bertz CT molecular complexity index is 837. The summed E-state index contributed by atoms with van der Waals surface area (Å²) in [5, 5.41) is 4.03. The Morgan fingerprint density at radius 2 is 2.00 bits per heavy atom. The normalized spacial score (nSPS) is 14.8. The van der Waals surface area contributed by atoms with E-state index in [4.69, 9.17) is 0 Å². The molecule has 1 fully saturated rings. The Hall–Kier alpha value is -2.47. The van der Waals surface area contributed by atoms with Crippen LogP contribution in [0, 0.1) is 0 Å². The Labute approximate surface area is 144 Å². The summed E-state index contributed by atoms with van der Waals surface area (Å²) in [6.07, 6.45) is 1.77. The highest BCUT2D eigenvalue weighted by molar-refractivity contribution is 7.99. The van der Waals surface area contributed by atoms with Gasteiger partial charge in [0.2, 0.25) is 0 Å². The third-order valence-corrected chi connectivity index (χ3v) is 5.06. The van der Waals surface area contributed by atoms with Crippen LogP contribution in [0.2, 0.25) is 0 Å². The number of aromatic nitrogens is 2. The molecule has 0 unspecified atom stereocenters. The van der Waals surface area contributed by atoms with Gasteiger partial charge in [0.1, 0.15) is 5.69 Å². The predicted octanol–water partition coefficient (Wildman–Crippen LogP) is 3.37. The minimum atomic E-state index is -0.146. The maximum atomic E-state index is 12.6. The number of H-pyrrole nitrogens is 1. The maximum Gasteiger partial charge on any atom is 0.272 e. The van der Waals surface area contributed by atoms with Gasteiger partial charge in [-0.1, -0.05) is 18.2 Å². The molecule has 2 N–H and O–H groups in total. The fourth-order valence-corrected chi connectivity index (χ4v) is 3.81. The van der Waals surface area contributed by atoms with E-state index in [1.54, 1.807) is 6.20 Å². The Kier molecular flexibility index (Phi) is 4.13. The number of aromatic amines is 1. The van der Waals surface area contributed by atoms with Crippen molar-refractivity contribution >= 4 is 40.1 Å². The van der Waals surface area contributed by atoms with Crippen LogP contribution < -0.4 is 10.2 Å². The van der Waals surface area contributed by atoms with Crippen LogP contribution in [0.25, 0.3) is 10.9 Å². The van der Waals surface area contributed by atoms with Gasteiger partial charge in [-0.2, -0.15) is 11.8 Å². The summed E-state index contributed by atoms with van der Waals surface area (Å²) in [4.78, 5) is 22.5. The SMILES string of the molecule is O=C(Nc1cccnc1N1CCSCC1)c1cc2ccccc2[nH]1. The van der Waals surface area contributed by atoms with Crippen molar-refractivity contribution in [3.63, 3.8) is 0 Å². The number of nitrogens with one attached hydrogen (secondary N) is 2. The molecule has 0 atom stereocenters. The van der Waals surface area contributed by atoms with Crippen molar-refractivity contribution in [3.8, 4) is 0 Å². The zero-order valence-electron chi connectivity index (χ0n) is 13.2. The number of rotatable bonds is 3. The van der Waals surface area contributed by atoms with Crippen LogP contribution in [0.1, 0.15) is 10.5 Å². The second kappa shape index (κ2) is 6.57. The monoisotopic (exact) mass is 338 g/mol. The molecular formula is C18H18N4OS. The Morgan fingerprint density at radius 1 is 1.17 bits per heavy atom. The summed E-state index contributed by atoms with van der Waals surface area (Å²) in [6, 6.07) is 13.5. The molecule has 1 aliphatic heterocycles. The second-order valence-electron chi connectivity index (χ2n) is 5.70. The molecule has 4 rings (SSSR count). The zero-order chi connectivity index (χ0) is 16.4. The molecule has 3 heterocycles. The average Bonchev–Trinajstić information content (AvgIpc) is 3.07. The van der Waals surface area contributed by atoms with Gasteiger partial charge in [-0.15, -0.1) is 0 Å². The van der Waals surface area contributed by atoms with Crippen molar-refractivity contribution in [2.75, 3.05) is 34.8 Å². The number of amides is 1. The van der Waals surface area contributed by atoms with E-state index in [1.807, 2.05) is 54.2 Å². The first kappa shape index (κ1) is 15.1. The molecule has 1 aliphatic rings. The maximum absolute atomic E-state index is 12.6. The summed E-state index contributed by atoms with van der Waals surface area (Å²) in [7, 11) is 0. The first-order valence-electron chi connectivity index (χ1n) is 7.98. The van der Waals surface area contributed by atoms with Crippen LogP contribution in [0.4, 0.5) is 11.5 Å². The third-order valence-electron chi connectivity index (χ3n) is 4.12. The number of hydrogen-bond donors (Lipinski definition) is 2. The van der Waals surface area contributed by atoms with Crippen molar-refractivity contribution in [2.45, 2.75) is 0 Å². The van der Waals surface area contributed by atoms with E-state index in [9.17, 15) is 4.79 Å². The van der Waals surface area contributed by atoms with Crippen molar-refractivity contribution in [2.24, 2.45) is 0 Å². The van der Waals surface area contributed by atoms with Crippen molar-refractivity contribution in [1.82, 2.24) is 9.97 Å². The number of anilines is 2. The predicted molar refractivity (Wildman–Crippen MR) is 100 cm³/mol. The van der Waals surface area contributed by atoms with Crippen LogP contribution in [-0.4, -0.2) is 40.5 Å². The molecule has 5 nitrogen and oxygen atoms in total. The average molecular weight is 338 g/mol. The quantitative estimate of drug-likeness (QED) is 0.769. The molecule has 1 saturated heterocycles. The minimum absolute atomic E-state index is 0.146. The van der Waals surface area contributed by atoms with E-state index < -0.39 is 0 Å². The van der Waals surface area contributed by atoms with Gasteiger partial charge in [0.25, 0.3) is 5.91 Å². The van der Waals surface area contributed by atoms with E-state index in [2.05, 4.69) is 20.2 Å². The number of para-hydroxylation sites is 1. The minimum Gasteiger partial charge on any atom is -0.353 e. The first-order chi connectivity index (χ1) is 11.8. The Morgan fingerprint density at radius 3 is 2.83 bits per heavy atom. The molecule has 0 bridgehead atoms. The van der Waals surface area contributed by atoms with Crippen molar-refractivity contribution < 1.29 is 4.79 Å². The fourth-order valence-electron chi connectivity index (χ4n) is 2.91. The highest BCUT2D eigenvalue weighted by Crippen LogP contribution is 2.26. The number of thioether (sulfide) groups is 1. The summed E-state index contributed by atoms with van der Waals surface area (Å²) < 4.78 is 0. The van der Waals surface area contributed by atoms with Crippen LogP contribution in [-0.2, 0) is 0 Å². The molecule has 24 heavy (non-hydrogen) atoms. The molecule has 0 radical (unpaired) electrons. The number of carbonyl (C=O) groups is 1. The Balaban J connectivity index is 1.59. The van der Waals surface area contributed by atoms with Gasteiger partial charge in [-0.05, 0) is 24.3 Å². The topological polar surface area (TPSA) is 61.0 Å². The molecule has 6 heteroatoms. The van der Waals surface area contributed by atoms with Crippen LogP contribution in [0.5, 0.6) is 0 Å². The molecule has 1 aromatic carbocycles. The van der Waals surface area contributed by atoms with Gasteiger partial charge in [0.05, 0.1) is 5.69 Å². The molecule has 0 saturated carbocycles. The number of benzene rings is 1. The van der Waals surface area contributed by atoms with Crippen LogP contribution in [0.3, 0.4) is 0 Å². The zero-order valence-corrected chi connectivity index (χ0v) is 14.0. The van der Waals surface area contributed by atoms with E-state index in [0.717, 1.165) is 47.0 Å². The van der Waals surface area contributed by atoms with E-state index >= 15 is 0 Å². The van der Waals surface area contributed by atoms with Crippen molar-refractivity contribution in [1.29, 1.82) is 0 Å². The number of pyridine rings is 1. The lowest BCUT2D eigenvalue weighted by Crippen LogP contribution is -2.34. The number of carbonyl (C=O) groups excluding carboxylic acids is 1. The molecular weight excluding hydrogens is 320 g/mol. The van der Waals surface area contributed by atoms with E-state index in [-0.39, 0.29) is 5.91 Å². The highest BCUT2D eigenvalue weighted by atomic mass is 32.2. The van der Waals surface area contributed by atoms with Gasteiger partial charge in [0.15, 0.2) is 5.82 Å². The van der Waals surface area contributed by atoms with Gasteiger partial charge in [-0.25, -0.2) is 4.98 Å². The highest BCUT2D eigenvalue weighted by Gasteiger charge is 2.18. The molecule has 2 aromatic heterocycles. The van der Waals surface area contributed by atoms with Gasteiger partial charge < -0.3 is 15.2 Å². The number of nitrogens with zero attached hydrogens (tertiary/aromatic N) is 2. The molecule has 3 aromatic rings. The lowest BCUT2D eigenvalue weighted by molar-refractivity contribution is 0.102. The third kappa shape index (κ3) is 2.97. The van der Waals surface area contributed by atoms with Gasteiger partial charge in [-0.3, -0.25) is 4.79 Å². The summed E-state index contributed by atoms with van der Waals surface area (Å²) in [5.41, 5.74) is 2.27. The van der Waals surface area contributed by atoms with E-state index in [1.165, 1.54) is 0 Å². The largest absolute Gasteiger partial charge is 0.353 e. The smallest absolute Gasteiger partial charge is 0.272 e. The summed E-state index contributed by atoms with van der Waals surface area (Å²) in [5.74, 6) is 2.88. The first-order valence-corrected chi connectivity index (χ1v) is 9.13. The standard InChI is InChI=1S/C18H18N4OS/c23-18(16-12-13-4-1-2-5-14(13)20-16)21-15-6-3-7-19-17(15)22-8-10-24-11-9-22/h1-7,12,20H,8-11H2,(H,21,23). The van der Waals surface area contributed by atoms with Crippen LogP contribution in [0.15, 0.2) is 48.7 Å². The molecule has 122 valence electrons. The van der Waals surface area contributed by atoms with Gasteiger partial charge in [0, 0.05) is 41.7 Å². The number of hydrogen-bond acceptors (Lipinski definition) is 4. The lowest BCUT2D eigenvalue weighted by atomic mass is 10.2. The summed E-state index contributed by atoms with van der Waals surface area (Å²) in [6.45, 7) is 1.91. The lowest BCUT2D eigenvalue weighted by Gasteiger charge is -2.28. The van der Waals surface area contributed by atoms with E-state index in [0.29, 0.717) is 5.69 Å². The van der Waals surface area contributed by atoms with Crippen LogP contribution >= 0.6 is 11.8 Å². The van der Waals surface area contributed by atoms with Crippen molar-refractivity contribution in [3.05, 3.63) is 54.4 Å². The molecule has 1 amide bonds. The van der Waals surface area contributed by atoms with Gasteiger partial charge >= 0.3 is 0 Å². The number of fused-ring (bicyclic) bond motifs is 1.